The van der Waals surface area contributed by atoms with Gasteiger partial charge in [-0.2, -0.15) is 9.90 Å². The molecule has 0 fully saturated rings. The average molecular weight is 377 g/mol. The Balaban J connectivity index is 1.61. The largest absolute Gasteiger partial charge is 0.326 e. The summed E-state index contributed by atoms with van der Waals surface area (Å²) in [6.07, 6.45) is 0. The molecular formula is C19H19N7O2. The number of hydrogen-bond acceptors (Lipinski definition) is 6. The lowest BCUT2D eigenvalue weighted by Crippen LogP contribution is -2.25. The number of carbonyl (C=O) groups is 2. The molecule has 0 bridgehead atoms. The van der Waals surface area contributed by atoms with Crippen LogP contribution in [0.5, 0.6) is 0 Å². The lowest BCUT2D eigenvalue weighted by molar-refractivity contribution is -0.122. The molecule has 0 aliphatic rings. The third-order valence-corrected chi connectivity index (χ3v) is 3.72. The van der Waals surface area contributed by atoms with E-state index in [0.717, 1.165) is 11.1 Å². The molecular weight excluding hydrogens is 358 g/mol. The van der Waals surface area contributed by atoms with Crippen LogP contribution in [-0.2, 0) is 16.1 Å². The van der Waals surface area contributed by atoms with Crippen molar-refractivity contribution < 1.29 is 9.59 Å². The number of hydrazone groups is 1. The first-order chi connectivity index (χ1) is 13.5. The summed E-state index contributed by atoms with van der Waals surface area (Å²) in [5, 5.41) is 18.8. The van der Waals surface area contributed by atoms with Crippen LogP contribution >= 0.6 is 0 Å². The maximum absolute atomic E-state index is 12.1. The van der Waals surface area contributed by atoms with Crippen LogP contribution in [0.1, 0.15) is 19.4 Å². The zero-order valence-electron chi connectivity index (χ0n) is 15.5. The highest BCUT2D eigenvalue weighted by Crippen LogP contribution is 2.12. The van der Waals surface area contributed by atoms with E-state index in [1.807, 2.05) is 36.4 Å². The first-order valence-electron chi connectivity index (χ1n) is 8.55. The number of nitrogens with one attached hydrogen (secondary N) is 2. The predicted molar refractivity (Wildman–Crippen MR) is 104 cm³/mol. The first-order valence-corrected chi connectivity index (χ1v) is 8.55. The molecule has 0 atom stereocenters. The van der Waals surface area contributed by atoms with Crippen molar-refractivity contribution in [2.45, 2.75) is 20.4 Å². The quantitative estimate of drug-likeness (QED) is 0.502. The molecule has 0 aliphatic heterocycles. The summed E-state index contributed by atoms with van der Waals surface area (Å²) in [6, 6.07) is 16.6. The molecule has 3 rings (SSSR count). The Morgan fingerprint density at radius 1 is 1.07 bits per heavy atom. The molecule has 0 saturated carbocycles. The normalized spacial score (nSPS) is 11.1. The minimum Gasteiger partial charge on any atom is -0.326 e. The monoisotopic (exact) mass is 377 g/mol. The standard InChI is InChI=1S/C19H19N7O2/c1-13(16-9-6-10-17(11-16)20-14(2)27)21-22-18(28)12-26-24-19(23-25-26)15-7-4-3-5-8-15/h3-11H,12H2,1-2H3,(H,20,27)(H,22,28)/b21-13-. The lowest BCUT2D eigenvalue weighted by Gasteiger charge is -2.06. The van der Waals surface area contributed by atoms with E-state index in [2.05, 4.69) is 31.3 Å². The number of aromatic nitrogens is 4. The van der Waals surface area contributed by atoms with Gasteiger partial charge in [-0.05, 0) is 29.8 Å². The Morgan fingerprint density at radius 2 is 1.86 bits per heavy atom. The summed E-state index contributed by atoms with van der Waals surface area (Å²) in [4.78, 5) is 24.5. The fraction of sp³-hybridized carbons (Fsp3) is 0.158. The van der Waals surface area contributed by atoms with Gasteiger partial charge in [-0.3, -0.25) is 9.59 Å². The highest BCUT2D eigenvalue weighted by atomic mass is 16.2. The van der Waals surface area contributed by atoms with Crippen LogP contribution in [0.15, 0.2) is 59.7 Å². The molecule has 1 aromatic heterocycles. The predicted octanol–water partition coefficient (Wildman–Crippen LogP) is 1.84. The number of hydrogen-bond donors (Lipinski definition) is 2. The molecule has 3 aromatic rings. The van der Waals surface area contributed by atoms with Crippen molar-refractivity contribution in [3.05, 3.63) is 60.2 Å². The molecule has 142 valence electrons. The summed E-state index contributed by atoms with van der Waals surface area (Å²) in [6.45, 7) is 3.09. The van der Waals surface area contributed by atoms with Crippen LogP contribution in [0.25, 0.3) is 11.4 Å². The van der Waals surface area contributed by atoms with Gasteiger partial charge < -0.3 is 5.32 Å². The van der Waals surface area contributed by atoms with Crippen LogP contribution in [0.2, 0.25) is 0 Å². The van der Waals surface area contributed by atoms with Gasteiger partial charge in [-0.25, -0.2) is 5.43 Å². The van der Waals surface area contributed by atoms with Crippen molar-refractivity contribution in [3.63, 3.8) is 0 Å². The number of anilines is 1. The van der Waals surface area contributed by atoms with Crippen molar-refractivity contribution in [2.24, 2.45) is 5.10 Å². The maximum atomic E-state index is 12.1. The van der Waals surface area contributed by atoms with E-state index < -0.39 is 0 Å². The number of nitrogens with zero attached hydrogens (tertiary/aromatic N) is 5. The Morgan fingerprint density at radius 3 is 2.61 bits per heavy atom. The minimum atomic E-state index is -0.380. The van der Waals surface area contributed by atoms with E-state index >= 15 is 0 Å². The second-order valence-corrected chi connectivity index (χ2v) is 6.00. The van der Waals surface area contributed by atoms with Crippen LogP contribution in [0, 0.1) is 0 Å². The number of tetrazole rings is 1. The maximum Gasteiger partial charge on any atom is 0.263 e. The molecule has 2 aromatic carbocycles. The molecule has 2 N–H and O–H groups in total. The zero-order valence-corrected chi connectivity index (χ0v) is 15.5. The SMILES string of the molecule is CC(=O)Nc1cccc(/C(C)=N\NC(=O)Cn2nnc(-c3ccccc3)n2)c1. The van der Waals surface area contributed by atoms with Gasteiger partial charge in [0, 0.05) is 18.2 Å². The molecule has 9 nitrogen and oxygen atoms in total. The summed E-state index contributed by atoms with van der Waals surface area (Å²) in [5.41, 5.74) is 5.32. The zero-order chi connectivity index (χ0) is 19.9. The van der Waals surface area contributed by atoms with Gasteiger partial charge in [0.2, 0.25) is 11.7 Å². The number of benzene rings is 2. The molecule has 9 heteroatoms. The Kier molecular flexibility index (Phi) is 5.85. The van der Waals surface area contributed by atoms with Gasteiger partial charge in [0.25, 0.3) is 5.91 Å². The second-order valence-electron chi connectivity index (χ2n) is 6.00. The highest BCUT2D eigenvalue weighted by molar-refractivity contribution is 6.00. The summed E-state index contributed by atoms with van der Waals surface area (Å²) in [7, 11) is 0. The van der Waals surface area contributed by atoms with E-state index in [1.165, 1.54) is 11.7 Å². The lowest BCUT2D eigenvalue weighted by atomic mass is 10.1. The molecule has 28 heavy (non-hydrogen) atoms. The van der Waals surface area contributed by atoms with Crippen LogP contribution in [0.3, 0.4) is 0 Å². The van der Waals surface area contributed by atoms with E-state index in [-0.39, 0.29) is 18.4 Å². The fourth-order valence-corrected chi connectivity index (χ4v) is 2.41. The third-order valence-electron chi connectivity index (χ3n) is 3.72. The van der Waals surface area contributed by atoms with Crippen molar-refractivity contribution in [1.82, 2.24) is 25.6 Å². The molecule has 0 spiro atoms. The smallest absolute Gasteiger partial charge is 0.263 e. The Labute approximate surface area is 161 Å². The van der Waals surface area contributed by atoms with Gasteiger partial charge >= 0.3 is 0 Å². The molecule has 2 amide bonds. The van der Waals surface area contributed by atoms with Gasteiger partial charge in [0.1, 0.15) is 6.54 Å². The fourth-order valence-electron chi connectivity index (χ4n) is 2.41. The number of amides is 2. The molecule has 1 heterocycles. The van der Waals surface area contributed by atoms with Gasteiger partial charge in [0.15, 0.2) is 0 Å². The number of rotatable bonds is 6. The molecule has 0 aliphatic carbocycles. The second kappa shape index (κ2) is 8.67. The van der Waals surface area contributed by atoms with Gasteiger partial charge in [-0.15, -0.1) is 10.2 Å². The van der Waals surface area contributed by atoms with Crippen LogP contribution < -0.4 is 10.7 Å². The first kappa shape index (κ1) is 18.9. The average Bonchev–Trinajstić information content (AvgIpc) is 3.15. The Hall–Kier alpha value is -3.88. The van der Waals surface area contributed by atoms with E-state index in [9.17, 15) is 9.59 Å². The molecule has 0 saturated heterocycles. The Bertz CT molecular complexity index is 1010. The number of carbonyl (C=O) groups excluding carboxylic acids is 2. The molecule has 0 unspecified atom stereocenters. The topological polar surface area (TPSA) is 114 Å². The van der Waals surface area contributed by atoms with Gasteiger partial charge in [0.05, 0.1) is 5.71 Å². The summed E-state index contributed by atoms with van der Waals surface area (Å²) >= 11 is 0. The van der Waals surface area contributed by atoms with E-state index in [4.69, 9.17) is 0 Å². The van der Waals surface area contributed by atoms with Gasteiger partial charge in [-0.1, -0.05) is 42.5 Å². The third kappa shape index (κ3) is 5.07. The van der Waals surface area contributed by atoms with E-state index in [1.54, 1.807) is 25.1 Å². The van der Waals surface area contributed by atoms with E-state index in [0.29, 0.717) is 17.2 Å². The summed E-state index contributed by atoms with van der Waals surface area (Å²) in [5.74, 6) is -0.0903. The van der Waals surface area contributed by atoms with Crippen molar-refractivity contribution in [2.75, 3.05) is 5.32 Å². The molecule has 0 radical (unpaired) electrons. The van der Waals surface area contributed by atoms with Crippen molar-refractivity contribution in [1.29, 1.82) is 0 Å². The van der Waals surface area contributed by atoms with Crippen molar-refractivity contribution >= 4 is 23.2 Å². The van der Waals surface area contributed by atoms with Crippen LogP contribution in [0.4, 0.5) is 5.69 Å². The highest BCUT2D eigenvalue weighted by Gasteiger charge is 2.09. The minimum absolute atomic E-state index is 0.109. The van der Waals surface area contributed by atoms with Crippen molar-refractivity contribution in [3.8, 4) is 11.4 Å². The van der Waals surface area contributed by atoms with Crippen LogP contribution in [-0.4, -0.2) is 37.7 Å². The summed E-state index contributed by atoms with van der Waals surface area (Å²) < 4.78 is 0.